The number of ketones is 1. The summed E-state index contributed by atoms with van der Waals surface area (Å²) >= 11 is 0. The Balaban J connectivity index is 0.00000684. The van der Waals surface area contributed by atoms with Crippen LogP contribution < -0.4 is 10.6 Å². The molecule has 1 atom stereocenters. The van der Waals surface area contributed by atoms with E-state index in [2.05, 4.69) is 33.1 Å². The zero-order valence-electron chi connectivity index (χ0n) is 20.8. The molecule has 15 nitrogen and oxygen atoms in total. The zero-order chi connectivity index (χ0) is 26.9. The molecule has 1 fully saturated rings. The molecule has 2 rings (SSSR count). The molecule has 0 saturated carbocycles. The van der Waals surface area contributed by atoms with Gasteiger partial charge >= 0.3 is 16.5 Å². The van der Waals surface area contributed by atoms with Crippen molar-refractivity contribution < 1.29 is 41.9 Å². The first-order valence-corrected chi connectivity index (χ1v) is 12.7. The van der Waals surface area contributed by atoms with Crippen LogP contribution in [0.4, 0.5) is 4.79 Å². The number of amidine groups is 1. The zero-order valence-corrected chi connectivity index (χ0v) is 21.6. The number of carbonyl (C=O) groups excluding carboxylic acids is 3. The lowest BCUT2D eigenvalue weighted by molar-refractivity contribution is -0.135. The first kappa shape index (κ1) is 31.9. The van der Waals surface area contributed by atoms with Crippen molar-refractivity contribution in [2.75, 3.05) is 39.3 Å². The lowest BCUT2D eigenvalue weighted by Crippen LogP contribution is -2.63. The van der Waals surface area contributed by atoms with E-state index in [1.807, 2.05) is 4.90 Å². The molecule has 0 radical (unpaired) electrons. The summed E-state index contributed by atoms with van der Waals surface area (Å²) in [5.74, 6) is -5.08. The number of ether oxygens (including phenoxy) is 1. The normalized spacial score (nSPS) is 19.8. The maximum atomic E-state index is 13.2. The topological polar surface area (TPSA) is 202 Å². The number of Topliss-reactive ketones (excluding diaryl/α,β-unsaturated/α-hetero) is 1. The Morgan fingerprint density at radius 3 is 2.30 bits per heavy atom. The van der Waals surface area contributed by atoms with Gasteiger partial charge in [0.25, 0.3) is 11.7 Å². The number of likely N-dealkylation sites (tertiary alicyclic amines) is 1. The molecule has 0 aromatic rings. The summed E-state index contributed by atoms with van der Waals surface area (Å²) < 4.78 is 42.3. The number of aliphatic imine (C=N–C) groups is 1. The summed E-state index contributed by atoms with van der Waals surface area (Å²) in [6.45, 7) is 12.3. The summed E-state index contributed by atoms with van der Waals surface area (Å²) in [6.07, 6.45) is 5.13. The maximum Gasteiger partial charge on any atom is 0.419 e. The molecule has 1 saturated heterocycles. The van der Waals surface area contributed by atoms with Crippen molar-refractivity contribution in [1.29, 1.82) is 0 Å². The second-order valence-electron chi connectivity index (χ2n) is 7.66. The summed E-state index contributed by atoms with van der Waals surface area (Å²) in [6, 6.07) is 0. The number of carbonyl (C=O) groups is 3. The highest BCUT2D eigenvalue weighted by atomic mass is 32.3. The van der Waals surface area contributed by atoms with Crippen LogP contribution in [0, 0.1) is 0 Å². The highest BCUT2D eigenvalue weighted by Gasteiger charge is 2.48. The highest BCUT2D eigenvalue weighted by Crippen LogP contribution is 2.34. The van der Waals surface area contributed by atoms with Crippen LogP contribution in [0.25, 0.3) is 0 Å². The number of hydroxylamine groups is 2. The molecule has 0 aromatic carbocycles. The van der Waals surface area contributed by atoms with Gasteiger partial charge < -0.3 is 15.5 Å². The molecular formula is C21H34N6O9S. The number of nitrogens with zero attached hydrogens (tertiary/aromatic N) is 4. The van der Waals surface area contributed by atoms with Crippen LogP contribution >= 0.6 is 0 Å². The van der Waals surface area contributed by atoms with Gasteiger partial charge in [0.2, 0.25) is 5.84 Å². The van der Waals surface area contributed by atoms with E-state index in [-0.39, 0.29) is 36.8 Å². The van der Waals surface area contributed by atoms with Crippen molar-refractivity contribution in [2.45, 2.75) is 32.5 Å². The van der Waals surface area contributed by atoms with Gasteiger partial charge in [-0.1, -0.05) is 12.2 Å². The predicted octanol–water partition coefficient (Wildman–Crippen LogP) is -0.673. The number of rotatable bonds is 13. The lowest BCUT2D eigenvalue weighted by atomic mass is 10.1. The summed E-state index contributed by atoms with van der Waals surface area (Å²) in [5.41, 5.74) is 0. The minimum Gasteiger partial charge on any atom is -0.450 e. The molecule has 2 amide bonds. The highest BCUT2D eigenvalue weighted by molar-refractivity contribution is 7.80. The van der Waals surface area contributed by atoms with Crippen LogP contribution in [0.1, 0.15) is 26.7 Å². The Labute approximate surface area is 215 Å². The number of hydrogen-bond donors (Lipinski definition) is 3. The van der Waals surface area contributed by atoms with Crippen molar-refractivity contribution in [2.24, 2.45) is 4.99 Å². The Kier molecular flexibility index (Phi) is 12.0. The molecule has 1 unspecified atom stereocenters. The number of amides is 2. The van der Waals surface area contributed by atoms with Crippen molar-refractivity contribution in [3.8, 4) is 0 Å². The molecule has 0 spiro atoms. The SMILES string of the molecule is C=CCN(CC=C)C1(N2CCCC2)C=C(NC(=O)OCC)N(OS(=O)(=O)O)C(C(=O)C(=O)NCC)=N1.O. The monoisotopic (exact) mass is 546 g/mol. The van der Waals surface area contributed by atoms with Crippen molar-refractivity contribution in [1.82, 2.24) is 25.5 Å². The second kappa shape index (κ2) is 14.0. The van der Waals surface area contributed by atoms with Crippen LogP contribution in [0.2, 0.25) is 0 Å². The van der Waals surface area contributed by atoms with Gasteiger partial charge in [-0.25, -0.2) is 9.79 Å². The Bertz CT molecular complexity index is 1030. The van der Waals surface area contributed by atoms with E-state index >= 15 is 0 Å². The van der Waals surface area contributed by atoms with Gasteiger partial charge in [-0.3, -0.25) is 29.3 Å². The van der Waals surface area contributed by atoms with E-state index in [0.717, 1.165) is 12.8 Å². The molecule has 2 aliphatic heterocycles. The predicted molar refractivity (Wildman–Crippen MR) is 133 cm³/mol. The standard InChI is InChI=1S/C21H32N6O8S.H2O/c1-5-11-25(12-6-2)21(26-13-9-10-14-26)15-16(23-20(30)34-8-4)27(35-36(31,32)33)18(24-21)17(28)19(29)22-7-3;/h5-6,15H,1-2,7-14H2,3-4H3,(H,22,29)(H,23,30)(H,31,32,33);1H2. The number of alkyl carbamates (subject to hydrolysis) is 1. The number of hydrogen-bond acceptors (Lipinski definition) is 11. The van der Waals surface area contributed by atoms with Crippen LogP contribution in [0.3, 0.4) is 0 Å². The molecule has 37 heavy (non-hydrogen) atoms. The molecule has 2 aliphatic rings. The summed E-state index contributed by atoms with van der Waals surface area (Å²) in [7, 11) is -5.24. The third kappa shape index (κ3) is 7.91. The minimum absolute atomic E-state index is 0. The fourth-order valence-electron chi connectivity index (χ4n) is 3.83. The van der Waals surface area contributed by atoms with Crippen LogP contribution in [0.15, 0.2) is 42.2 Å². The third-order valence-corrected chi connectivity index (χ3v) is 5.51. The van der Waals surface area contributed by atoms with Gasteiger partial charge in [0, 0.05) is 38.8 Å². The van der Waals surface area contributed by atoms with Gasteiger partial charge in [-0.2, -0.15) is 13.5 Å². The number of likely N-dealkylation sites (N-methyl/N-ethyl adjacent to an activating group) is 1. The van der Waals surface area contributed by atoms with E-state index < -0.39 is 45.6 Å². The van der Waals surface area contributed by atoms with Crippen LogP contribution in [-0.4, -0.2) is 102 Å². The average molecular weight is 547 g/mol. The van der Waals surface area contributed by atoms with Gasteiger partial charge in [-0.05, 0) is 26.7 Å². The van der Waals surface area contributed by atoms with Crippen LogP contribution in [-0.2, 0) is 29.0 Å². The van der Waals surface area contributed by atoms with E-state index in [0.29, 0.717) is 13.1 Å². The molecule has 208 valence electrons. The van der Waals surface area contributed by atoms with Gasteiger partial charge in [0.1, 0.15) is 5.82 Å². The van der Waals surface area contributed by atoms with Gasteiger partial charge in [-0.15, -0.1) is 17.4 Å². The minimum atomic E-state index is -5.24. The van der Waals surface area contributed by atoms with E-state index in [1.54, 1.807) is 30.9 Å². The third-order valence-electron chi connectivity index (χ3n) is 5.17. The quantitative estimate of drug-likeness (QED) is 0.150. The maximum absolute atomic E-state index is 13.2. The van der Waals surface area contributed by atoms with Crippen molar-refractivity contribution in [3.63, 3.8) is 0 Å². The Morgan fingerprint density at radius 2 is 1.81 bits per heavy atom. The fourth-order valence-corrected chi connectivity index (χ4v) is 4.17. The average Bonchev–Trinajstić information content (AvgIpc) is 3.34. The Morgan fingerprint density at radius 1 is 1.22 bits per heavy atom. The van der Waals surface area contributed by atoms with Gasteiger partial charge in [0.15, 0.2) is 5.79 Å². The van der Waals surface area contributed by atoms with Crippen LogP contribution in [0.5, 0.6) is 0 Å². The lowest BCUT2D eigenvalue weighted by Gasteiger charge is -2.47. The van der Waals surface area contributed by atoms with Crippen molar-refractivity contribution >= 4 is 34.0 Å². The first-order valence-electron chi connectivity index (χ1n) is 11.3. The molecule has 0 aliphatic carbocycles. The Hall–Kier alpha value is -3.15. The van der Waals surface area contributed by atoms with Gasteiger partial charge in [0.05, 0.1) is 6.61 Å². The largest absolute Gasteiger partial charge is 0.450 e. The van der Waals surface area contributed by atoms with E-state index in [4.69, 9.17) is 4.74 Å². The second-order valence-corrected chi connectivity index (χ2v) is 8.66. The first-order chi connectivity index (χ1) is 17.0. The van der Waals surface area contributed by atoms with E-state index in [9.17, 15) is 27.4 Å². The van der Waals surface area contributed by atoms with E-state index in [1.165, 1.54) is 6.08 Å². The van der Waals surface area contributed by atoms with Crippen molar-refractivity contribution in [3.05, 3.63) is 37.2 Å². The summed E-state index contributed by atoms with van der Waals surface area (Å²) in [4.78, 5) is 46.2. The molecule has 5 N–H and O–H groups in total. The number of nitrogens with one attached hydrogen (secondary N) is 2. The smallest absolute Gasteiger partial charge is 0.419 e. The molecule has 0 bridgehead atoms. The molecular weight excluding hydrogens is 512 g/mol. The molecule has 16 heteroatoms. The summed E-state index contributed by atoms with van der Waals surface area (Å²) in [5, 5.41) is 4.92. The fraction of sp³-hybridized carbons (Fsp3) is 0.524. The molecule has 0 aromatic heterocycles. The molecule has 2 heterocycles.